The zero-order valence-corrected chi connectivity index (χ0v) is 12.4. The highest BCUT2D eigenvalue weighted by Gasteiger charge is 2.55. The van der Waals surface area contributed by atoms with Crippen molar-refractivity contribution in [3.8, 4) is 0 Å². The summed E-state index contributed by atoms with van der Waals surface area (Å²) in [7, 11) is 0. The Bertz CT molecular complexity index is 303. The van der Waals surface area contributed by atoms with E-state index < -0.39 is 22.8 Å². The molecule has 0 rings (SSSR count). The molecule has 0 saturated carbocycles. The molecule has 0 aromatic rings. The second-order valence-corrected chi connectivity index (χ2v) is 5.82. The molecule has 0 fully saturated rings. The molecular weight excluding hydrogens is 232 g/mol. The van der Waals surface area contributed by atoms with E-state index in [1.165, 1.54) is 0 Å². The molecule has 0 spiro atoms. The number of carboxylic acids is 1. The number of carbonyl (C=O) groups excluding carboxylic acids is 1. The molecule has 4 heteroatoms. The first-order valence-corrected chi connectivity index (χ1v) is 6.58. The van der Waals surface area contributed by atoms with Crippen LogP contribution in [-0.4, -0.2) is 23.1 Å². The molecule has 0 aliphatic rings. The molecule has 2 unspecified atom stereocenters. The Balaban J connectivity index is 5.23. The number of carbonyl (C=O) groups is 2. The summed E-state index contributed by atoms with van der Waals surface area (Å²) in [5.41, 5.74) is -2.16. The maximum absolute atomic E-state index is 12.3. The minimum atomic E-state index is -1.48. The number of hydrogen-bond donors (Lipinski definition) is 1. The lowest BCUT2D eigenvalue weighted by atomic mass is 9.65. The number of hydrogen-bond acceptors (Lipinski definition) is 3. The molecule has 0 aromatic carbocycles. The van der Waals surface area contributed by atoms with Gasteiger partial charge in [0.25, 0.3) is 0 Å². The van der Waals surface area contributed by atoms with Crippen LogP contribution in [0.4, 0.5) is 0 Å². The molecule has 0 heterocycles. The van der Waals surface area contributed by atoms with Crippen molar-refractivity contribution in [2.24, 2.45) is 10.8 Å². The van der Waals surface area contributed by atoms with Gasteiger partial charge in [-0.3, -0.25) is 9.59 Å². The number of carboxylic acid groups (broad SMARTS) is 1. The average Bonchev–Trinajstić information content (AvgIpc) is 2.16. The second-order valence-electron chi connectivity index (χ2n) is 5.82. The highest BCUT2D eigenvalue weighted by molar-refractivity contribution is 6.00. The van der Waals surface area contributed by atoms with Crippen molar-refractivity contribution in [2.45, 2.75) is 66.9 Å². The lowest BCUT2D eigenvalue weighted by Gasteiger charge is -2.38. The largest absolute Gasteiger partial charge is 0.480 e. The zero-order valence-electron chi connectivity index (χ0n) is 12.4. The summed E-state index contributed by atoms with van der Waals surface area (Å²) >= 11 is 0. The number of aliphatic carboxylic acids is 1. The van der Waals surface area contributed by atoms with Gasteiger partial charge in [0.2, 0.25) is 0 Å². The molecule has 2 atom stereocenters. The van der Waals surface area contributed by atoms with Gasteiger partial charge >= 0.3 is 11.9 Å². The van der Waals surface area contributed by atoms with E-state index in [-0.39, 0.29) is 12.5 Å². The molecule has 0 amide bonds. The van der Waals surface area contributed by atoms with Crippen molar-refractivity contribution in [3.63, 3.8) is 0 Å². The fourth-order valence-electron chi connectivity index (χ4n) is 2.29. The van der Waals surface area contributed by atoms with Crippen LogP contribution in [-0.2, 0) is 14.3 Å². The first-order valence-electron chi connectivity index (χ1n) is 6.58. The topological polar surface area (TPSA) is 63.6 Å². The maximum atomic E-state index is 12.3. The molecule has 0 bridgehead atoms. The number of ether oxygens (including phenoxy) is 1. The van der Waals surface area contributed by atoms with E-state index in [1.807, 2.05) is 6.92 Å². The van der Waals surface area contributed by atoms with Crippen molar-refractivity contribution in [1.29, 1.82) is 0 Å². The van der Waals surface area contributed by atoms with Gasteiger partial charge in [0.1, 0.15) is 0 Å². The number of rotatable bonds is 6. The summed E-state index contributed by atoms with van der Waals surface area (Å²) in [5, 5.41) is 9.47. The first kappa shape index (κ1) is 16.9. The van der Waals surface area contributed by atoms with E-state index in [9.17, 15) is 14.7 Å². The van der Waals surface area contributed by atoms with Gasteiger partial charge in [0, 0.05) is 0 Å². The summed E-state index contributed by atoms with van der Waals surface area (Å²) in [6, 6.07) is 0. The van der Waals surface area contributed by atoms with Gasteiger partial charge in [-0.25, -0.2) is 0 Å². The molecule has 0 saturated heterocycles. The van der Waals surface area contributed by atoms with Crippen LogP contribution in [0.15, 0.2) is 0 Å². The predicted molar refractivity (Wildman–Crippen MR) is 70.3 cm³/mol. The van der Waals surface area contributed by atoms with E-state index in [0.29, 0.717) is 0 Å². The number of esters is 1. The first-order chi connectivity index (χ1) is 8.13. The zero-order chi connectivity index (χ0) is 14.6. The summed E-state index contributed by atoms with van der Waals surface area (Å²) in [6.07, 6.45) is 1.63. The van der Waals surface area contributed by atoms with Crippen LogP contribution in [0.5, 0.6) is 0 Å². The van der Waals surface area contributed by atoms with Gasteiger partial charge < -0.3 is 9.84 Å². The second kappa shape index (κ2) is 6.21. The van der Waals surface area contributed by atoms with Crippen molar-refractivity contribution < 1.29 is 19.4 Å². The lowest BCUT2D eigenvalue weighted by Crippen LogP contribution is -2.50. The fraction of sp³-hybridized carbons (Fsp3) is 0.857. The molecular formula is C14H26O4. The smallest absolute Gasteiger partial charge is 0.324 e. The summed E-state index contributed by atoms with van der Waals surface area (Å²) in [6.45, 7) is 10.8. The summed E-state index contributed by atoms with van der Waals surface area (Å²) in [4.78, 5) is 23.8. The molecule has 0 aliphatic carbocycles. The Morgan fingerprint density at radius 3 is 2.00 bits per heavy atom. The Kier molecular flexibility index (Phi) is 5.84. The van der Waals surface area contributed by atoms with Crippen LogP contribution in [0.1, 0.15) is 60.8 Å². The van der Waals surface area contributed by atoms with Crippen LogP contribution in [0.2, 0.25) is 0 Å². The van der Waals surface area contributed by atoms with Gasteiger partial charge in [0.05, 0.1) is 6.10 Å². The highest BCUT2D eigenvalue weighted by Crippen LogP contribution is 2.43. The van der Waals surface area contributed by atoms with Gasteiger partial charge in [-0.05, 0) is 25.2 Å². The lowest BCUT2D eigenvalue weighted by molar-refractivity contribution is -0.181. The third-order valence-electron chi connectivity index (χ3n) is 3.53. The van der Waals surface area contributed by atoms with Gasteiger partial charge in [-0.1, -0.05) is 41.0 Å². The van der Waals surface area contributed by atoms with Crippen molar-refractivity contribution in [2.75, 3.05) is 0 Å². The molecule has 0 aromatic heterocycles. The SMILES string of the molecule is CCCC(C)OC(=O)C(CC)(C(=O)O)C(C)(C)C. The van der Waals surface area contributed by atoms with E-state index in [4.69, 9.17) is 4.74 Å². The third-order valence-corrected chi connectivity index (χ3v) is 3.53. The van der Waals surface area contributed by atoms with Crippen LogP contribution in [0.25, 0.3) is 0 Å². The van der Waals surface area contributed by atoms with Crippen LogP contribution in [0.3, 0.4) is 0 Å². The van der Waals surface area contributed by atoms with Gasteiger partial charge in [-0.15, -0.1) is 0 Å². The van der Waals surface area contributed by atoms with Crippen LogP contribution >= 0.6 is 0 Å². The van der Waals surface area contributed by atoms with Crippen molar-refractivity contribution in [1.82, 2.24) is 0 Å². The fourth-order valence-corrected chi connectivity index (χ4v) is 2.29. The Morgan fingerprint density at radius 1 is 1.22 bits per heavy atom. The molecule has 0 radical (unpaired) electrons. The Labute approximate surface area is 110 Å². The molecule has 4 nitrogen and oxygen atoms in total. The van der Waals surface area contributed by atoms with Crippen molar-refractivity contribution >= 4 is 11.9 Å². The minimum Gasteiger partial charge on any atom is -0.480 e. The highest BCUT2D eigenvalue weighted by atomic mass is 16.5. The van der Waals surface area contributed by atoms with E-state index in [1.54, 1.807) is 34.6 Å². The molecule has 106 valence electrons. The standard InChI is InChI=1S/C14H26O4/c1-7-9-10(3)18-12(17)14(8-2,11(15)16)13(4,5)6/h10H,7-9H2,1-6H3,(H,15,16). The van der Waals surface area contributed by atoms with Crippen LogP contribution in [0, 0.1) is 10.8 Å². The third kappa shape index (κ3) is 3.24. The van der Waals surface area contributed by atoms with Gasteiger partial charge in [-0.2, -0.15) is 0 Å². The molecule has 1 N–H and O–H groups in total. The van der Waals surface area contributed by atoms with Crippen molar-refractivity contribution in [3.05, 3.63) is 0 Å². The molecule has 18 heavy (non-hydrogen) atoms. The summed E-state index contributed by atoms with van der Waals surface area (Å²) in [5.74, 6) is -1.72. The Hall–Kier alpha value is -1.06. The monoisotopic (exact) mass is 258 g/mol. The quantitative estimate of drug-likeness (QED) is 0.586. The van der Waals surface area contributed by atoms with Crippen LogP contribution < -0.4 is 0 Å². The normalized spacial score (nSPS) is 16.8. The Morgan fingerprint density at radius 2 is 1.72 bits per heavy atom. The van der Waals surface area contributed by atoms with E-state index >= 15 is 0 Å². The summed E-state index contributed by atoms with van der Waals surface area (Å²) < 4.78 is 5.32. The maximum Gasteiger partial charge on any atom is 0.324 e. The van der Waals surface area contributed by atoms with E-state index in [2.05, 4.69) is 0 Å². The van der Waals surface area contributed by atoms with Gasteiger partial charge in [0.15, 0.2) is 5.41 Å². The predicted octanol–water partition coefficient (Wildman–Crippen LogP) is 3.25. The van der Waals surface area contributed by atoms with E-state index in [0.717, 1.165) is 12.8 Å². The average molecular weight is 258 g/mol. The minimum absolute atomic E-state index is 0.226. The molecule has 0 aliphatic heterocycles.